The predicted molar refractivity (Wildman–Crippen MR) is 127 cm³/mol. The molecule has 1 aliphatic rings. The van der Waals surface area contributed by atoms with Gasteiger partial charge in [-0.05, 0) is 25.8 Å². The van der Waals surface area contributed by atoms with Crippen LogP contribution in [0.25, 0.3) is 5.57 Å². The van der Waals surface area contributed by atoms with Gasteiger partial charge in [0.1, 0.15) is 27.2 Å². The van der Waals surface area contributed by atoms with Gasteiger partial charge in [-0.3, -0.25) is 4.79 Å². The zero-order valence-corrected chi connectivity index (χ0v) is 19.5. The molecule has 0 aromatic carbocycles. The lowest BCUT2D eigenvalue weighted by atomic mass is 10.1. The molecule has 3 rings (SSSR count). The number of halogens is 2. The van der Waals surface area contributed by atoms with Crippen LogP contribution >= 0.6 is 34.5 Å². The van der Waals surface area contributed by atoms with E-state index in [0.29, 0.717) is 43.5 Å². The average Bonchev–Trinajstić information content (AvgIpc) is 3.47. The highest BCUT2D eigenvalue weighted by Gasteiger charge is 2.28. The number of ketones is 1. The topological polar surface area (TPSA) is 91.0 Å². The number of carbonyl (C=O) groups excluding carboxylic acids is 1. The fourth-order valence-electron chi connectivity index (χ4n) is 3.53. The van der Waals surface area contributed by atoms with E-state index in [0.717, 1.165) is 25.7 Å². The highest BCUT2D eigenvalue weighted by Crippen LogP contribution is 2.40. The number of aromatic nitrogens is 1. The monoisotopic (exact) mass is 476 g/mol. The molecule has 1 fully saturated rings. The van der Waals surface area contributed by atoms with Crippen LogP contribution in [0.15, 0.2) is 39.4 Å². The molecule has 0 spiro atoms. The van der Waals surface area contributed by atoms with E-state index in [9.17, 15) is 10.1 Å². The first-order valence-corrected chi connectivity index (χ1v) is 11.4. The van der Waals surface area contributed by atoms with Crippen LogP contribution in [-0.2, 0) is 0 Å². The molecule has 2 N–H and O–H groups in total. The number of anilines is 2. The number of hydrogen-bond donors (Lipinski definition) is 2. The molecule has 0 atom stereocenters. The van der Waals surface area contributed by atoms with E-state index < -0.39 is 0 Å². The Morgan fingerprint density at radius 1 is 1.42 bits per heavy atom. The maximum absolute atomic E-state index is 13.2. The number of allylic oxidation sites excluding steroid dienone is 5. The molecule has 9 heteroatoms. The van der Waals surface area contributed by atoms with Crippen molar-refractivity contribution < 1.29 is 9.32 Å². The van der Waals surface area contributed by atoms with Crippen molar-refractivity contribution in [1.82, 2.24) is 5.16 Å². The Kier molecular flexibility index (Phi) is 7.60. The highest BCUT2D eigenvalue weighted by atomic mass is 35.5. The molecule has 1 saturated carbocycles. The molecule has 162 valence electrons. The number of hydrogen-bond acceptors (Lipinski definition) is 7. The number of nitrogens with zero attached hydrogens (tertiary/aromatic N) is 2. The van der Waals surface area contributed by atoms with E-state index in [1.807, 2.05) is 6.92 Å². The maximum Gasteiger partial charge on any atom is 0.243 e. The van der Waals surface area contributed by atoms with Crippen LogP contribution in [0.1, 0.15) is 59.3 Å². The third-order valence-corrected chi connectivity index (χ3v) is 6.60. The van der Waals surface area contributed by atoms with Crippen LogP contribution in [0.3, 0.4) is 0 Å². The minimum absolute atomic E-state index is 0.0185. The van der Waals surface area contributed by atoms with Crippen LogP contribution in [0, 0.1) is 11.3 Å². The number of carbonyl (C=O) groups is 1. The second kappa shape index (κ2) is 10.2. The van der Waals surface area contributed by atoms with Gasteiger partial charge in [-0.25, -0.2) is 0 Å². The van der Waals surface area contributed by atoms with Crippen molar-refractivity contribution in [2.75, 3.05) is 17.7 Å². The van der Waals surface area contributed by atoms with E-state index in [2.05, 4.69) is 28.4 Å². The summed E-state index contributed by atoms with van der Waals surface area (Å²) in [6.07, 6.45) is 7.83. The van der Waals surface area contributed by atoms with Crippen molar-refractivity contribution in [3.63, 3.8) is 0 Å². The zero-order valence-electron chi connectivity index (χ0n) is 17.2. The highest BCUT2D eigenvalue weighted by molar-refractivity contribution is 7.19. The third-order valence-electron chi connectivity index (χ3n) is 4.98. The van der Waals surface area contributed by atoms with Gasteiger partial charge >= 0.3 is 0 Å². The molecule has 2 aromatic rings. The van der Waals surface area contributed by atoms with Crippen molar-refractivity contribution in [3.05, 3.63) is 56.8 Å². The Hall–Kier alpha value is -2.53. The van der Waals surface area contributed by atoms with Gasteiger partial charge < -0.3 is 15.2 Å². The molecule has 0 unspecified atom stereocenters. The van der Waals surface area contributed by atoms with Gasteiger partial charge in [-0.1, -0.05) is 53.9 Å². The Morgan fingerprint density at radius 2 is 2.13 bits per heavy atom. The molecule has 0 saturated heterocycles. The van der Waals surface area contributed by atoms with Gasteiger partial charge in [0.05, 0.1) is 10.7 Å². The quantitative estimate of drug-likeness (QED) is 0.333. The summed E-state index contributed by atoms with van der Waals surface area (Å²) in [4.78, 5) is 13.6. The Bertz CT molecular complexity index is 1100. The van der Waals surface area contributed by atoms with Crippen molar-refractivity contribution in [2.24, 2.45) is 0 Å². The standard InChI is InChI=1S/C22H22Cl2N4O2S/c1-4-7-15(24)18(12(2)23)16-10-17(30-28-16)20(29)21-19(26-3)14(11-25)22(31-21)27-13-8-5-6-9-13/h4,7,10,13,26-27H,2,5-6,8-9H2,1,3H3/b7-4-,18-15-. The van der Waals surface area contributed by atoms with Gasteiger partial charge in [-0.2, -0.15) is 5.26 Å². The van der Waals surface area contributed by atoms with Gasteiger partial charge in [0.15, 0.2) is 0 Å². The van der Waals surface area contributed by atoms with Crippen LogP contribution < -0.4 is 10.6 Å². The first-order valence-electron chi connectivity index (χ1n) is 9.81. The molecule has 0 bridgehead atoms. The van der Waals surface area contributed by atoms with Crippen LogP contribution in [0.2, 0.25) is 0 Å². The number of nitrogens with one attached hydrogen (secondary N) is 2. The van der Waals surface area contributed by atoms with Gasteiger partial charge in [0, 0.05) is 29.8 Å². The summed E-state index contributed by atoms with van der Waals surface area (Å²) < 4.78 is 5.32. The van der Waals surface area contributed by atoms with Crippen molar-refractivity contribution in [1.29, 1.82) is 5.26 Å². The van der Waals surface area contributed by atoms with Crippen LogP contribution in [0.5, 0.6) is 0 Å². The number of nitriles is 1. The molecular formula is C22H22Cl2N4O2S. The lowest BCUT2D eigenvalue weighted by Crippen LogP contribution is -2.14. The normalized spacial score (nSPS) is 15.1. The molecule has 6 nitrogen and oxygen atoms in total. The molecule has 0 radical (unpaired) electrons. The zero-order chi connectivity index (χ0) is 22.5. The minimum atomic E-state index is -0.384. The Labute approximate surface area is 195 Å². The smallest absolute Gasteiger partial charge is 0.243 e. The SMILES string of the molecule is C=C(Cl)/C(=C(Cl)\C=C/C)c1cc(C(=O)c2sc(NC3CCCC3)c(C#N)c2NC)on1. The van der Waals surface area contributed by atoms with E-state index in [-0.39, 0.29) is 16.6 Å². The summed E-state index contributed by atoms with van der Waals surface area (Å²) in [7, 11) is 1.68. The fourth-order valence-corrected chi connectivity index (χ4v) is 5.29. The van der Waals surface area contributed by atoms with Gasteiger partial charge in [0.2, 0.25) is 11.5 Å². The molecule has 31 heavy (non-hydrogen) atoms. The van der Waals surface area contributed by atoms with Crippen molar-refractivity contribution >= 4 is 56.6 Å². The van der Waals surface area contributed by atoms with E-state index >= 15 is 0 Å². The average molecular weight is 477 g/mol. The van der Waals surface area contributed by atoms with Crippen LogP contribution in [0.4, 0.5) is 10.7 Å². The van der Waals surface area contributed by atoms with Crippen molar-refractivity contribution in [2.45, 2.75) is 38.6 Å². The van der Waals surface area contributed by atoms with E-state index in [1.54, 1.807) is 19.2 Å². The van der Waals surface area contributed by atoms with Crippen LogP contribution in [-0.4, -0.2) is 24.0 Å². The van der Waals surface area contributed by atoms with E-state index in [1.165, 1.54) is 17.4 Å². The second-order valence-electron chi connectivity index (χ2n) is 7.03. The molecule has 0 amide bonds. The summed E-state index contributed by atoms with van der Waals surface area (Å²) in [5.74, 6) is -0.365. The van der Waals surface area contributed by atoms with Crippen molar-refractivity contribution in [3.8, 4) is 6.07 Å². The molecule has 2 aromatic heterocycles. The maximum atomic E-state index is 13.2. The summed E-state index contributed by atoms with van der Waals surface area (Å²) in [5, 5.41) is 21.3. The largest absolute Gasteiger partial charge is 0.386 e. The third kappa shape index (κ3) is 4.87. The first-order chi connectivity index (χ1) is 14.9. The lowest BCUT2D eigenvalue weighted by molar-refractivity contribution is 0.100. The van der Waals surface area contributed by atoms with Gasteiger partial charge in [0.25, 0.3) is 0 Å². The predicted octanol–water partition coefficient (Wildman–Crippen LogP) is 6.51. The second-order valence-corrected chi connectivity index (χ2v) is 8.92. The molecular weight excluding hydrogens is 455 g/mol. The number of rotatable bonds is 8. The lowest BCUT2D eigenvalue weighted by Gasteiger charge is -2.11. The fraction of sp³-hybridized carbons (Fsp3) is 0.318. The number of thiophene rings is 1. The summed E-state index contributed by atoms with van der Waals surface area (Å²) >= 11 is 13.6. The van der Waals surface area contributed by atoms with Gasteiger partial charge in [-0.15, -0.1) is 11.3 Å². The Morgan fingerprint density at radius 3 is 2.71 bits per heavy atom. The molecule has 2 heterocycles. The summed E-state index contributed by atoms with van der Waals surface area (Å²) in [6, 6.07) is 4.00. The summed E-state index contributed by atoms with van der Waals surface area (Å²) in [5.41, 5.74) is 1.58. The summed E-state index contributed by atoms with van der Waals surface area (Å²) in [6.45, 7) is 5.53. The molecule has 1 aliphatic carbocycles. The minimum Gasteiger partial charge on any atom is -0.386 e. The van der Waals surface area contributed by atoms with E-state index in [4.69, 9.17) is 27.7 Å². The Balaban J connectivity index is 1.98. The molecule has 0 aliphatic heterocycles. The first kappa shape index (κ1) is 23.1.